The Bertz CT molecular complexity index is 793. The lowest BCUT2D eigenvalue weighted by Crippen LogP contribution is -2.30. The van der Waals surface area contributed by atoms with E-state index in [-0.39, 0.29) is 5.97 Å². The number of benzene rings is 2. The van der Waals surface area contributed by atoms with Gasteiger partial charge in [-0.25, -0.2) is 4.79 Å². The fraction of sp³-hybridized carbons (Fsp3) is 0.333. The number of methoxy groups -OCH3 is 2. The van der Waals surface area contributed by atoms with Crippen LogP contribution in [0.1, 0.15) is 29.3 Å². The van der Waals surface area contributed by atoms with E-state index in [1.54, 1.807) is 38.5 Å². The predicted octanol–water partition coefficient (Wildman–Crippen LogP) is 3.80. The van der Waals surface area contributed by atoms with Crippen LogP contribution >= 0.6 is 12.2 Å². The summed E-state index contributed by atoms with van der Waals surface area (Å²) in [6, 6.07) is 12.9. The molecule has 7 heteroatoms. The molecule has 0 amide bonds. The molecule has 0 bridgehead atoms. The van der Waals surface area contributed by atoms with E-state index in [0.29, 0.717) is 35.3 Å². The fourth-order valence-electron chi connectivity index (χ4n) is 2.50. The van der Waals surface area contributed by atoms with Crippen LogP contribution in [0.15, 0.2) is 42.5 Å². The Morgan fingerprint density at radius 3 is 2.39 bits per heavy atom. The van der Waals surface area contributed by atoms with Crippen LogP contribution in [-0.2, 0) is 11.2 Å². The Balaban J connectivity index is 1.80. The molecule has 0 radical (unpaired) electrons. The third-order valence-electron chi connectivity index (χ3n) is 3.96. The molecule has 0 spiro atoms. The minimum Gasteiger partial charge on any atom is -0.493 e. The highest BCUT2D eigenvalue weighted by molar-refractivity contribution is 7.80. The van der Waals surface area contributed by atoms with Gasteiger partial charge in [0.1, 0.15) is 0 Å². The Morgan fingerprint density at radius 2 is 1.75 bits per heavy atom. The molecule has 6 nitrogen and oxygen atoms in total. The second kappa shape index (κ2) is 11.1. The molecule has 0 aliphatic rings. The van der Waals surface area contributed by atoms with Crippen LogP contribution in [0, 0.1) is 0 Å². The minimum atomic E-state index is -0.316. The molecule has 0 aliphatic carbocycles. The molecule has 0 heterocycles. The lowest BCUT2D eigenvalue weighted by atomic mass is 10.1. The molecule has 28 heavy (non-hydrogen) atoms. The smallest absolute Gasteiger partial charge is 0.338 e. The van der Waals surface area contributed by atoms with E-state index < -0.39 is 0 Å². The van der Waals surface area contributed by atoms with Crippen molar-refractivity contribution >= 4 is 29.0 Å². The van der Waals surface area contributed by atoms with Crippen molar-refractivity contribution < 1.29 is 19.0 Å². The second-order valence-electron chi connectivity index (χ2n) is 6.03. The molecule has 0 aliphatic heterocycles. The zero-order chi connectivity index (χ0) is 20.4. The lowest BCUT2D eigenvalue weighted by molar-refractivity contribution is 0.0505. The van der Waals surface area contributed by atoms with E-state index in [2.05, 4.69) is 10.6 Å². The molecular formula is C21H26N2O4S. The summed E-state index contributed by atoms with van der Waals surface area (Å²) in [6.07, 6.45) is 1.58. The van der Waals surface area contributed by atoms with E-state index in [9.17, 15) is 4.79 Å². The van der Waals surface area contributed by atoms with E-state index in [0.717, 1.165) is 24.1 Å². The summed E-state index contributed by atoms with van der Waals surface area (Å²) in [6.45, 7) is 3.05. The molecular weight excluding hydrogens is 376 g/mol. The SMILES string of the molecule is CCCOC(=O)c1ccc(NC(=S)NCCc2ccc(OC)c(OC)c2)cc1. The van der Waals surface area contributed by atoms with Crippen LogP contribution in [0.4, 0.5) is 5.69 Å². The average Bonchev–Trinajstić information content (AvgIpc) is 2.72. The van der Waals surface area contributed by atoms with E-state index in [1.165, 1.54) is 0 Å². The second-order valence-corrected chi connectivity index (χ2v) is 6.44. The third kappa shape index (κ3) is 6.42. The zero-order valence-corrected chi connectivity index (χ0v) is 17.2. The van der Waals surface area contributed by atoms with Crippen molar-refractivity contribution in [2.45, 2.75) is 19.8 Å². The van der Waals surface area contributed by atoms with Crippen LogP contribution in [0.5, 0.6) is 11.5 Å². The van der Waals surface area contributed by atoms with Gasteiger partial charge in [0.15, 0.2) is 16.6 Å². The number of carbonyl (C=O) groups is 1. The van der Waals surface area contributed by atoms with Crippen molar-refractivity contribution in [2.24, 2.45) is 0 Å². The Hall–Kier alpha value is -2.80. The summed E-state index contributed by atoms with van der Waals surface area (Å²) >= 11 is 5.32. The van der Waals surface area contributed by atoms with Gasteiger partial charge in [-0.3, -0.25) is 0 Å². The molecule has 2 aromatic carbocycles. The van der Waals surface area contributed by atoms with Crippen LogP contribution in [0.25, 0.3) is 0 Å². The highest BCUT2D eigenvalue weighted by Gasteiger charge is 2.07. The molecule has 150 valence electrons. The van der Waals surface area contributed by atoms with E-state index in [4.69, 9.17) is 26.4 Å². The van der Waals surface area contributed by atoms with Gasteiger partial charge in [-0.2, -0.15) is 0 Å². The van der Waals surface area contributed by atoms with Crippen molar-refractivity contribution in [3.05, 3.63) is 53.6 Å². The summed E-state index contributed by atoms with van der Waals surface area (Å²) in [5.41, 5.74) is 2.44. The third-order valence-corrected chi connectivity index (χ3v) is 4.21. The first-order valence-electron chi connectivity index (χ1n) is 9.10. The molecule has 2 aromatic rings. The van der Waals surface area contributed by atoms with Gasteiger partial charge < -0.3 is 24.8 Å². The molecule has 0 aromatic heterocycles. The summed E-state index contributed by atoms with van der Waals surface area (Å²) in [5, 5.41) is 6.78. The van der Waals surface area contributed by atoms with Crippen LogP contribution in [0.3, 0.4) is 0 Å². The monoisotopic (exact) mass is 402 g/mol. The lowest BCUT2D eigenvalue weighted by Gasteiger charge is -2.12. The Morgan fingerprint density at radius 1 is 1.04 bits per heavy atom. The summed E-state index contributed by atoms with van der Waals surface area (Å²) in [4.78, 5) is 11.8. The van der Waals surface area contributed by atoms with Gasteiger partial charge in [0.25, 0.3) is 0 Å². The molecule has 0 unspecified atom stereocenters. The standard InChI is InChI=1S/C21H26N2O4S/c1-4-13-27-20(24)16-6-8-17(9-7-16)23-21(28)22-12-11-15-5-10-18(25-2)19(14-15)26-3/h5-10,14H,4,11-13H2,1-3H3,(H2,22,23,28). The average molecular weight is 403 g/mol. The first-order chi connectivity index (χ1) is 13.6. The summed E-state index contributed by atoms with van der Waals surface area (Å²) in [7, 11) is 3.23. The van der Waals surface area contributed by atoms with Gasteiger partial charge in [0.05, 0.1) is 26.4 Å². The Kier molecular flexibility index (Phi) is 8.55. The maximum absolute atomic E-state index is 11.8. The van der Waals surface area contributed by atoms with Crippen LogP contribution in [-0.4, -0.2) is 38.5 Å². The summed E-state index contributed by atoms with van der Waals surface area (Å²) < 4.78 is 15.7. The number of ether oxygens (including phenoxy) is 3. The van der Waals surface area contributed by atoms with Gasteiger partial charge in [-0.1, -0.05) is 13.0 Å². The largest absolute Gasteiger partial charge is 0.493 e. The van der Waals surface area contributed by atoms with Gasteiger partial charge in [-0.05, 0) is 67.0 Å². The van der Waals surface area contributed by atoms with E-state index in [1.807, 2.05) is 25.1 Å². The number of carbonyl (C=O) groups excluding carboxylic acids is 1. The zero-order valence-electron chi connectivity index (χ0n) is 16.4. The number of thiocarbonyl (C=S) groups is 1. The van der Waals surface area contributed by atoms with Crippen molar-refractivity contribution in [1.29, 1.82) is 0 Å². The van der Waals surface area contributed by atoms with Crippen LogP contribution in [0.2, 0.25) is 0 Å². The number of rotatable bonds is 9. The molecule has 2 N–H and O–H groups in total. The molecule has 0 saturated heterocycles. The topological polar surface area (TPSA) is 68.8 Å². The number of esters is 1. The van der Waals surface area contributed by atoms with Gasteiger partial charge in [-0.15, -0.1) is 0 Å². The first kappa shape index (κ1) is 21.5. The number of hydrogen-bond donors (Lipinski definition) is 2. The quantitative estimate of drug-likeness (QED) is 0.488. The van der Waals surface area contributed by atoms with Crippen molar-refractivity contribution in [1.82, 2.24) is 5.32 Å². The fourth-order valence-corrected chi connectivity index (χ4v) is 2.72. The normalized spacial score (nSPS) is 10.1. The number of anilines is 1. The van der Waals surface area contributed by atoms with Crippen molar-refractivity contribution in [3.63, 3.8) is 0 Å². The Labute approximate surface area is 171 Å². The summed E-state index contributed by atoms with van der Waals surface area (Å²) in [5.74, 6) is 1.10. The highest BCUT2D eigenvalue weighted by atomic mass is 32.1. The van der Waals surface area contributed by atoms with Crippen molar-refractivity contribution in [2.75, 3.05) is 32.7 Å². The van der Waals surface area contributed by atoms with Gasteiger partial charge in [0.2, 0.25) is 0 Å². The van der Waals surface area contributed by atoms with Gasteiger partial charge in [0, 0.05) is 12.2 Å². The highest BCUT2D eigenvalue weighted by Crippen LogP contribution is 2.27. The molecule has 0 fully saturated rings. The molecule has 0 atom stereocenters. The predicted molar refractivity (Wildman–Crippen MR) is 114 cm³/mol. The first-order valence-corrected chi connectivity index (χ1v) is 9.51. The molecule has 0 saturated carbocycles. The van der Waals surface area contributed by atoms with Crippen molar-refractivity contribution in [3.8, 4) is 11.5 Å². The maximum atomic E-state index is 11.8. The number of hydrogen-bond acceptors (Lipinski definition) is 5. The molecule has 2 rings (SSSR count). The van der Waals surface area contributed by atoms with E-state index >= 15 is 0 Å². The van der Waals surface area contributed by atoms with Crippen LogP contribution < -0.4 is 20.1 Å². The minimum absolute atomic E-state index is 0.316. The van der Waals surface area contributed by atoms with Gasteiger partial charge >= 0.3 is 5.97 Å². The number of nitrogens with one attached hydrogen (secondary N) is 2. The maximum Gasteiger partial charge on any atom is 0.338 e.